The summed E-state index contributed by atoms with van der Waals surface area (Å²) >= 11 is 1.18. The molecule has 2 N–H and O–H groups in total. The minimum absolute atomic E-state index is 0.207. The quantitative estimate of drug-likeness (QED) is 0.809. The molecule has 0 atom stereocenters. The Hall–Kier alpha value is -2.28. The molecule has 2 aliphatic carbocycles. The lowest BCUT2D eigenvalue weighted by molar-refractivity contribution is 0.257. The molecule has 0 saturated heterocycles. The summed E-state index contributed by atoms with van der Waals surface area (Å²) in [7, 11) is 3.82. The first kappa shape index (κ1) is 17.1. The van der Waals surface area contributed by atoms with Gasteiger partial charge in [0.25, 0.3) is 0 Å². The van der Waals surface area contributed by atoms with E-state index in [1.807, 2.05) is 19.0 Å². The Bertz CT molecular complexity index is 820. The lowest BCUT2D eigenvalue weighted by atomic mass is 9.99. The molecule has 136 valence electrons. The Morgan fingerprint density at radius 1 is 1.08 bits per heavy atom. The van der Waals surface area contributed by atoms with Crippen LogP contribution in [-0.2, 0) is 25.7 Å². The van der Waals surface area contributed by atoms with Crippen LogP contribution in [0.25, 0.3) is 0 Å². The second-order valence-electron chi connectivity index (χ2n) is 7.00. The standard InChI is InChI=1S/C19H23N5OS/c1-24(2)16-10-20-11-17(21-16)26-23-19(25)22-18-14-7-3-5-12(14)9-13-6-4-8-15(13)18/h9-11H,3-8H2,1-2H3,(H2,22,23,25). The average Bonchev–Trinajstić information content (AvgIpc) is 3.29. The van der Waals surface area contributed by atoms with Crippen LogP contribution in [0, 0.1) is 0 Å². The Morgan fingerprint density at radius 3 is 2.42 bits per heavy atom. The van der Waals surface area contributed by atoms with Crippen LogP contribution in [0.1, 0.15) is 35.1 Å². The molecular weight excluding hydrogens is 346 g/mol. The van der Waals surface area contributed by atoms with Gasteiger partial charge >= 0.3 is 6.03 Å². The van der Waals surface area contributed by atoms with E-state index in [2.05, 4.69) is 26.1 Å². The maximum Gasteiger partial charge on any atom is 0.329 e. The molecular formula is C19H23N5OS. The molecule has 0 bridgehead atoms. The number of carbonyl (C=O) groups excluding carboxylic acids is 1. The number of carbonyl (C=O) groups is 1. The van der Waals surface area contributed by atoms with Crippen molar-refractivity contribution < 1.29 is 4.79 Å². The number of aromatic nitrogens is 2. The van der Waals surface area contributed by atoms with Crippen molar-refractivity contribution in [1.82, 2.24) is 14.7 Å². The third kappa shape index (κ3) is 3.35. The fourth-order valence-electron chi connectivity index (χ4n) is 3.81. The summed E-state index contributed by atoms with van der Waals surface area (Å²) in [5.41, 5.74) is 6.55. The summed E-state index contributed by atoms with van der Waals surface area (Å²) in [6, 6.07) is 2.16. The van der Waals surface area contributed by atoms with Gasteiger partial charge in [-0.3, -0.25) is 9.71 Å². The molecule has 1 aromatic heterocycles. The van der Waals surface area contributed by atoms with Crippen molar-refractivity contribution in [3.05, 3.63) is 40.7 Å². The van der Waals surface area contributed by atoms with Crippen molar-refractivity contribution in [1.29, 1.82) is 0 Å². The van der Waals surface area contributed by atoms with E-state index < -0.39 is 0 Å². The largest absolute Gasteiger partial charge is 0.361 e. The maximum atomic E-state index is 12.5. The van der Waals surface area contributed by atoms with Crippen LogP contribution in [0.4, 0.5) is 16.3 Å². The van der Waals surface area contributed by atoms with Gasteiger partial charge in [-0.1, -0.05) is 6.07 Å². The monoisotopic (exact) mass is 369 g/mol. The van der Waals surface area contributed by atoms with Gasteiger partial charge in [0.2, 0.25) is 0 Å². The molecule has 1 heterocycles. The van der Waals surface area contributed by atoms with Crippen molar-refractivity contribution in [2.45, 2.75) is 43.6 Å². The van der Waals surface area contributed by atoms with E-state index in [-0.39, 0.29) is 6.03 Å². The summed E-state index contributed by atoms with van der Waals surface area (Å²) in [4.78, 5) is 23.0. The predicted molar refractivity (Wildman–Crippen MR) is 105 cm³/mol. The maximum absolute atomic E-state index is 12.5. The number of hydrogen-bond donors (Lipinski definition) is 2. The smallest absolute Gasteiger partial charge is 0.329 e. The lowest BCUT2D eigenvalue weighted by Crippen LogP contribution is -2.24. The van der Waals surface area contributed by atoms with E-state index in [1.165, 1.54) is 47.0 Å². The lowest BCUT2D eigenvalue weighted by Gasteiger charge is -2.16. The number of anilines is 2. The van der Waals surface area contributed by atoms with E-state index in [0.717, 1.165) is 37.2 Å². The van der Waals surface area contributed by atoms with Crippen LogP contribution in [0.5, 0.6) is 0 Å². The number of fused-ring (bicyclic) bond motifs is 2. The first-order valence-corrected chi connectivity index (χ1v) is 9.83. The van der Waals surface area contributed by atoms with Gasteiger partial charge in [0.1, 0.15) is 10.8 Å². The molecule has 4 rings (SSSR count). The highest BCUT2D eigenvalue weighted by Crippen LogP contribution is 2.38. The summed E-state index contributed by atoms with van der Waals surface area (Å²) in [6.07, 6.45) is 10.1. The van der Waals surface area contributed by atoms with E-state index in [1.54, 1.807) is 12.4 Å². The van der Waals surface area contributed by atoms with Crippen LogP contribution in [-0.4, -0.2) is 30.1 Å². The van der Waals surface area contributed by atoms with Gasteiger partial charge in [-0.05, 0) is 60.8 Å². The highest BCUT2D eigenvalue weighted by atomic mass is 32.2. The predicted octanol–water partition coefficient (Wildman–Crippen LogP) is 3.35. The van der Waals surface area contributed by atoms with Gasteiger partial charge in [0.15, 0.2) is 0 Å². The van der Waals surface area contributed by atoms with E-state index >= 15 is 0 Å². The number of nitrogens with one attached hydrogen (secondary N) is 2. The SMILES string of the molecule is CN(C)c1cncc(SNC(=O)Nc2c3c(cc4c2CCC4)CCC3)n1. The zero-order valence-corrected chi connectivity index (χ0v) is 15.9. The molecule has 0 radical (unpaired) electrons. The van der Waals surface area contributed by atoms with Gasteiger partial charge in [-0.25, -0.2) is 9.78 Å². The molecule has 2 amide bonds. The van der Waals surface area contributed by atoms with Crippen molar-refractivity contribution in [3.8, 4) is 0 Å². The summed E-state index contributed by atoms with van der Waals surface area (Å²) in [6.45, 7) is 0. The zero-order chi connectivity index (χ0) is 18.1. The highest BCUT2D eigenvalue weighted by molar-refractivity contribution is 7.97. The second-order valence-corrected chi connectivity index (χ2v) is 7.83. The van der Waals surface area contributed by atoms with E-state index in [0.29, 0.717) is 5.03 Å². The van der Waals surface area contributed by atoms with Crippen LogP contribution in [0.3, 0.4) is 0 Å². The van der Waals surface area contributed by atoms with E-state index in [4.69, 9.17) is 0 Å². The minimum Gasteiger partial charge on any atom is -0.361 e. The number of rotatable bonds is 4. The van der Waals surface area contributed by atoms with Crippen molar-refractivity contribution in [3.63, 3.8) is 0 Å². The van der Waals surface area contributed by atoms with E-state index in [9.17, 15) is 4.79 Å². The molecule has 0 saturated carbocycles. The number of amides is 2. The molecule has 0 aliphatic heterocycles. The summed E-state index contributed by atoms with van der Waals surface area (Å²) in [5.74, 6) is 0.760. The Balaban J connectivity index is 1.47. The highest BCUT2D eigenvalue weighted by Gasteiger charge is 2.24. The van der Waals surface area contributed by atoms with Crippen molar-refractivity contribution in [2.75, 3.05) is 24.3 Å². The molecule has 6 nitrogen and oxygen atoms in total. The van der Waals surface area contributed by atoms with Crippen molar-refractivity contribution in [2.24, 2.45) is 0 Å². The van der Waals surface area contributed by atoms with Gasteiger partial charge < -0.3 is 10.2 Å². The average molecular weight is 369 g/mol. The third-order valence-corrected chi connectivity index (χ3v) is 5.71. The van der Waals surface area contributed by atoms with Crippen LogP contribution >= 0.6 is 11.9 Å². The number of urea groups is 1. The summed E-state index contributed by atoms with van der Waals surface area (Å²) in [5, 5.41) is 3.78. The molecule has 7 heteroatoms. The molecule has 2 aromatic rings. The molecule has 2 aliphatic rings. The number of hydrogen-bond acceptors (Lipinski definition) is 5. The number of benzene rings is 1. The van der Waals surface area contributed by atoms with Gasteiger partial charge in [-0.2, -0.15) is 0 Å². The van der Waals surface area contributed by atoms with Gasteiger partial charge in [0.05, 0.1) is 12.4 Å². The number of aryl methyl sites for hydroxylation is 2. The first-order valence-electron chi connectivity index (χ1n) is 9.01. The van der Waals surface area contributed by atoms with Crippen LogP contribution < -0.4 is 14.9 Å². The Labute approximate surface area is 157 Å². The van der Waals surface area contributed by atoms with Crippen LogP contribution in [0.2, 0.25) is 0 Å². The van der Waals surface area contributed by atoms with Crippen molar-refractivity contribution >= 4 is 29.5 Å². The van der Waals surface area contributed by atoms with Crippen LogP contribution in [0.15, 0.2) is 23.5 Å². The van der Waals surface area contributed by atoms with Gasteiger partial charge in [0, 0.05) is 31.7 Å². The second kappa shape index (κ2) is 7.15. The number of nitrogens with zero attached hydrogens (tertiary/aromatic N) is 3. The molecule has 0 spiro atoms. The normalized spacial score (nSPS) is 14.7. The minimum atomic E-state index is -0.207. The molecule has 1 aromatic carbocycles. The molecule has 0 unspecified atom stereocenters. The summed E-state index contributed by atoms with van der Waals surface area (Å²) < 4.78 is 2.84. The fraction of sp³-hybridized carbons (Fsp3) is 0.421. The first-order chi connectivity index (χ1) is 12.6. The van der Waals surface area contributed by atoms with Gasteiger partial charge in [-0.15, -0.1) is 0 Å². The third-order valence-electron chi connectivity index (χ3n) is 5.02. The molecule has 0 fully saturated rings. The Kier molecular flexibility index (Phi) is 4.72. The zero-order valence-electron chi connectivity index (χ0n) is 15.1. The fourth-order valence-corrected chi connectivity index (χ4v) is 4.31. The Morgan fingerprint density at radius 2 is 1.77 bits per heavy atom. The molecule has 26 heavy (non-hydrogen) atoms. The topological polar surface area (TPSA) is 70.2 Å².